The molecule has 5 rings (SSSR count). The summed E-state index contributed by atoms with van der Waals surface area (Å²) in [6, 6.07) is 18.1. The van der Waals surface area contributed by atoms with Crippen LogP contribution >= 0.6 is 0 Å². The van der Waals surface area contributed by atoms with Crippen molar-refractivity contribution >= 4 is 17.4 Å². The number of benzene rings is 2. The number of Topliss-reactive ketones (excluding diaryl/α,β-unsaturated/α-hetero) is 1. The van der Waals surface area contributed by atoms with Crippen LogP contribution < -0.4 is 10.5 Å². The Morgan fingerprint density at radius 3 is 2.64 bits per heavy atom. The van der Waals surface area contributed by atoms with E-state index in [9.17, 15) is 4.79 Å². The molecule has 28 heavy (non-hydrogen) atoms. The Morgan fingerprint density at radius 2 is 1.86 bits per heavy atom. The number of anilines is 1. The summed E-state index contributed by atoms with van der Waals surface area (Å²) in [5.74, 6) is 1.45. The van der Waals surface area contributed by atoms with Crippen LogP contribution in [0.1, 0.15) is 47.8 Å². The van der Waals surface area contributed by atoms with Crippen LogP contribution in [-0.4, -0.2) is 10.8 Å². The number of hydrogen-bond donors (Lipinski definition) is 1. The molecule has 0 saturated heterocycles. The highest BCUT2D eigenvalue weighted by Crippen LogP contribution is 2.50. The molecule has 140 valence electrons. The van der Waals surface area contributed by atoms with Gasteiger partial charge in [0.2, 0.25) is 0 Å². The van der Waals surface area contributed by atoms with Crippen molar-refractivity contribution in [1.29, 1.82) is 0 Å². The van der Waals surface area contributed by atoms with E-state index in [2.05, 4.69) is 4.98 Å². The van der Waals surface area contributed by atoms with Crippen LogP contribution in [-0.2, 0) is 11.4 Å². The molecule has 0 unspecified atom stereocenters. The van der Waals surface area contributed by atoms with Crippen molar-refractivity contribution in [3.63, 3.8) is 0 Å². The number of nitrogens with two attached hydrogens (primary N) is 1. The molecule has 0 aliphatic heterocycles. The van der Waals surface area contributed by atoms with Crippen LogP contribution in [0.25, 0.3) is 5.57 Å². The number of allylic oxidation sites excluding steroid dienone is 2. The zero-order valence-electron chi connectivity index (χ0n) is 15.4. The number of carbonyl (C=O) groups is 1. The maximum atomic E-state index is 12.7. The Hall–Kier alpha value is -3.34. The highest BCUT2D eigenvalue weighted by molar-refractivity contribution is 6.08. The molecular formula is C23H20N2O3. The summed E-state index contributed by atoms with van der Waals surface area (Å²) in [5.41, 5.74) is 10.5. The summed E-state index contributed by atoms with van der Waals surface area (Å²) in [6.45, 7) is 0.515. The van der Waals surface area contributed by atoms with Crippen LogP contribution in [0.4, 0.5) is 6.01 Å². The second-order valence-corrected chi connectivity index (χ2v) is 7.21. The number of ether oxygens (including phenoxy) is 1. The fourth-order valence-electron chi connectivity index (χ4n) is 4.15. The molecule has 0 spiro atoms. The summed E-state index contributed by atoms with van der Waals surface area (Å²) >= 11 is 0. The van der Waals surface area contributed by atoms with Gasteiger partial charge in [-0.1, -0.05) is 42.5 Å². The Kier molecular flexibility index (Phi) is 4.01. The van der Waals surface area contributed by atoms with E-state index in [4.69, 9.17) is 14.9 Å². The fourth-order valence-corrected chi connectivity index (χ4v) is 4.15. The van der Waals surface area contributed by atoms with E-state index in [-0.39, 0.29) is 17.7 Å². The first-order valence-corrected chi connectivity index (χ1v) is 9.50. The average Bonchev–Trinajstić information content (AvgIpc) is 3.24. The number of ketones is 1. The minimum absolute atomic E-state index is 0.155. The lowest BCUT2D eigenvalue weighted by Crippen LogP contribution is -2.14. The van der Waals surface area contributed by atoms with Gasteiger partial charge in [0.15, 0.2) is 11.5 Å². The highest BCUT2D eigenvalue weighted by Gasteiger charge is 2.41. The van der Waals surface area contributed by atoms with Crippen molar-refractivity contribution in [2.75, 3.05) is 5.73 Å². The molecule has 2 aromatic carbocycles. The number of rotatable bonds is 4. The third-order valence-electron chi connectivity index (χ3n) is 5.42. The van der Waals surface area contributed by atoms with Gasteiger partial charge in [0.25, 0.3) is 6.01 Å². The smallest absolute Gasteiger partial charge is 0.292 e. The Morgan fingerprint density at radius 1 is 1.07 bits per heavy atom. The van der Waals surface area contributed by atoms with Gasteiger partial charge < -0.3 is 14.9 Å². The lowest BCUT2D eigenvalue weighted by atomic mass is 9.84. The molecule has 5 nitrogen and oxygen atoms in total. The van der Waals surface area contributed by atoms with E-state index in [1.165, 1.54) is 0 Å². The Balaban J connectivity index is 1.44. The maximum absolute atomic E-state index is 12.7. The third kappa shape index (κ3) is 2.80. The number of aromatic nitrogens is 1. The predicted molar refractivity (Wildman–Crippen MR) is 106 cm³/mol. The van der Waals surface area contributed by atoms with E-state index in [1.54, 1.807) is 0 Å². The minimum atomic E-state index is -0.206. The first kappa shape index (κ1) is 16.8. The van der Waals surface area contributed by atoms with E-state index >= 15 is 0 Å². The molecule has 0 saturated carbocycles. The number of carbonyl (C=O) groups excluding carboxylic acids is 1. The van der Waals surface area contributed by atoms with Crippen LogP contribution in [0.2, 0.25) is 0 Å². The standard InChI is InChI=1S/C23H20N2O3/c24-23-25-21-19(20-17(22(21)28-23)7-4-8-18(20)26)15-9-11-16(12-10-15)27-13-14-5-2-1-3-6-14/h1-3,5-6,9-12,19H,4,7-8,13H2,(H2,24,25)/t19-/m1/s1. The summed E-state index contributed by atoms with van der Waals surface area (Å²) in [7, 11) is 0. The van der Waals surface area contributed by atoms with Gasteiger partial charge in [0, 0.05) is 17.6 Å². The summed E-state index contributed by atoms with van der Waals surface area (Å²) in [4.78, 5) is 17.0. The molecule has 0 radical (unpaired) electrons. The van der Waals surface area contributed by atoms with Gasteiger partial charge in [-0.05, 0) is 36.1 Å². The van der Waals surface area contributed by atoms with Gasteiger partial charge in [-0.3, -0.25) is 4.79 Å². The van der Waals surface area contributed by atoms with Crippen molar-refractivity contribution in [3.8, 4) is 5.75 Å². The zero-order valence-corrected chi connectivity index (χ0v) is 15.4. The van der Waals surface area contributed by atoms with Gasteiger partial charge in [-0.2, -0.15) is 4.98 Å². The molecule has 2 aliphatic carbocycles. The highest BCUT2D eigenvalue weighted by atomic mass is 16.5. The molecule has 1 heterocycles. The van der Waals surface area contributed by atoms with E-state index in [0.29, 0.717) is 18.8 Å². The van der Waals surface area contributed by atoms with Crippen LogP contribution in [0.5, 0.6) is 5.75 Å². The quantitative estimate of drug-likeness (QED) is 0.730. The van der Waals surface area contributed by atoms with Crippen molar-refractivity contribution in [2.45, 2.75) is 31.8 Å². The first-order chi connectivity index (χ1) is 13.7. The average molecular weight is 372 g/mol. The molecule has 2 N–H and O–H groups in total. The number of hydrogen-bond acceptors (Lipinski definition) is 5. The number of nitrogen functional groups attached to an aromatic ring is 1. The second-order valence-electron chi connectivity index (χ2n) is 7.21. The van der Waals surface area contributed by atoms with Crippen molar-refractivity contribution in [3.05, 3.63) is 82.8 Å². The molecule has 0 fully saturated rings. The van der Waals surface area contributed by atoms with Crippen molar-refractivity contribution in [1.82, 2.24) is 4.98 Å². The Bertz CT molecular complexity index is 1060. The topological polar surface area (TPSA) is 78.4 Å². The largest absolute Gasteiger partial charge is 0.489 e. The predicted octanol–water partition coefficient (Wildman–Crippen LogP) is 4.49. The van der Waals surface area contributed by atoms with Gasteiger partial charge in [-0.25, -0.2) is 0 Å². The van der Waals surface area contributed by atoms with Gasteiger partial charge in [0.05, 0.1) is 5.92 Å². The fraction of sp³-hybridized carbons (Fsp3) is 0.217. The molecule has 3 aromatic rings. The summed E-state index contributed by atoms with van der Waals surface area (Å²) < 4.78 is 11.5. The second kappa shape index (κ2) is 6.68. The molecule has 5 heteroatoms. The third-order valence-corrected chi connectivity index (χ3v) is 5.42. The van der Waals surface area contributed by atoms with Crippen molar-refractivity contribution in [2.24, 2.45) is 0 Å². The summed E-state index contributed by atoms with van der Waals surface area (Å²) in [6.07, 6.45) is 2.25. The first-order valence-electron chi connectivity index (χ1n) is 9.50. The van der Waals surface area contributed by atoms with Crippen molar-refractivity contribution < 1.29 is 13.9 Å². The lowest BCUT2D eigenvalue weighted by Gasteiger charge is -2.19. The van der Waals surface area contributed by atoms with E-state index in [1.807, 2.05) is 54.6 Å². The normalized spacial score (nSPS) is 18.1. The number of oxazole rings is 1. The molecule has 2 aliphatic rings. The van der Waals surface area contributed by atoms with Crippen LogP contribution in [0.15, 0.2) is 64.6 Å². The molecule has 0 amide bonds. The van der Waals surface area contributed by atoms with Gasteiger partial charge in [0.1, 0.15) is 18.1 Å². The monoisotopic (exact) mass is 372 g/mol. The lowest BCUT2D eigenvalue weighted by molar-refractivity contribution is -0.116. The summed E-state index contributed by atoms with van der Waals surface area (Å²) in [5, 5.41) is 0. The maximum Gasteiger partial charge on any atom is 0.292 e. The SMILES string of the molecule is Nc1nc2c(o1)C1=C(C(=O)CCC1)[C@H]2c1ccc(OCc2ccccc2)cc1. The number of nitrogens with zero attached hydrogens (tertiary/aromatic N) is 1. The van der Waals surface area contributed by atoms with Crippen LogP contribution in [0.3, 0.4) is 0 Å². The van der Waals surface area contributed by atoms with Crippen LogP contribution in [0, 0.1) is 0 Å². The van der Waals surface area contributed by atoms with Gasteiger partial charge in [-0.15, -0.1) is 0 Å². The molecule has 1 aromatic heterocycles. The number of fused-ring (bicyclic) bond motifs is 2. The van der Waals surface area contributed by atoms with E-state index in [0.717, 1.165) is 46.6 Å². The molecule has 0 bridgehead atoms. The Labute approximate surface area is 162 Å². The minimum Gasteiger partial charge on any atom is -0.489 e. The zero-order chi connectivity index (χ0) is 19.1. The van der Waals surface area contributed by atoms with Gasteiger partial charge >= 0.3 is 0 Å². The van der Waals surface area contributed by atoms with E-state index < -0.39 is 0 Å². The molecule has 1 atom stereocenters. The molecular weight excluding hydrogens is 352 g/mol.